The van der Waals surface area contributed by atoms with E-state index in [9.17, 15) is 25.2 Å². The van der Waals surface area contributed by atoms with E-state index in [2.05, 4.69) is 504 Å². The molecular formula is C118H93Cu3F6N3P7. The number of hydrogen-bond donors (Lipinski definition) is 0. The summed E-state index contributed by atoms with van der Waals surface area (Å²) in [5, 5.41) is 16.2. The minimum Gasteiger partial charge on any atom is -0.366 e. The number of nitrogens with zero attached hydrogens (tertiary/aromatic N) is 3. The Hall–Kier alpha value is -12.2. The van der Waals surface area contributed by atoms with Crippen molar-refractivity contribution in [2.75, 3.05) is 13.3 Å². The molecular weight excluding hydrogens is 1980 g/mol. The van der Waals surface area contributed by atoms with Gasteiger partial charge in [-0.2, -0.15) is 0 Å². The van der Waals surface area contributed by atoms with Crippen molar-refractivity contribution in [1.29, 1.82) is 0 Å². The molecule has 0 aliphatic carbocycles. The fourth-order valence-corrected chi connectivity index (χ4v) is 32.4. The number of hydrogen-bond acceptors (Lipinski definition) is 3. The van der Waals surface area contributed by atoms with Crippen LogP contribution in [0.2, 0.25) is 0 Å². The van der Waals surface area contributed by atoms with Gasteiger partial charge in [-0.3, -0.25) is 11.8 Å². The van der Waals surface area contributed by atoms with Gasteiger partial charge in [-0.15, -0.1) is 35.4 Å². The van der Waals surface area contributed by atoms with E-state index in [0.29, 0.717) is 0 Å². The van der Waals surface area contributed by atoms with E-state index in [0.717, 1.165) is 11.1 Å². The monoisotopic (exact) mass is 2070 g/mol. The molecule has 0 fully saturated rings. The fraction of sp³-hybridized carbons (Fsp3) is 0. The average molecular weight is 2070 g/mol. The predicted molar refractivity (Wildman–Crippen MR) is 571 cm³/mol. The molecule has 19 aromatic carbocycles. The first-order chi connectivity index (χ1) is 65.5. The Morgan fingerprint density at radius 3 is 0.372 bits per heavy atom. The molecule has 0 saturated heterocycles. The molecule has 0 aliphatic rings. The van der Waals surface area contributed by atoms with Gasteiger partial charge in [0.05, 0.1) is 48.4 Å². The van der Waals surface area contributed by atoms with Crippen molar-refractivity contribution >= 4 is 137 Å². The molecule has 19 aromatic rings. The van der Waals surface area contributed by atoms with Crippen LogP contribution in [0.3, 0.4) is 0 Å². The number of halogens is 6. The zero-order valence-electron chi connectivity index (χ0n) is 73.8. The molecule has 3 nitrogen and oxygen atoms in total. The summed E-state index contributed by atoms with van der Waals surface area (Å²) in [5.74, 6) is 4.71. The molecule has 0 aliphatic heterocycles. The molecule has 0 radical (unpaired) electrons. The second-order valence-electron chi connectivity index (χ2n) is 29.9. The second kappa shape index (κ2) is 53.0. The number of para-hydroxylation sites is 3. The molecule has 690 valence electrons. The summed E-state index contributed by atoms with van der Waals surface area (Å²) in [7, 11) is -15.5. The molecule has 0 aromatic heterocycles. The maximum Gasteiger partial charge on any atom is 1.00 e. The standard InChI is InChI=1S/3C30H25NP2.2C14H9.3Cu.F6P/c3*1-6-16-26(17-7-1)31(32(27-18-8-2-9-19-27)28-20-10-3-11-21-28)33(29-22-12-4-13-23-29)30-24-14-5-15-25-30;2*1-2-12-8-10-14(11-9-12)13-6-4-3-5-7-13;;;;1-7(2,3,4,5)6/h3*1-25H;2*3-11H;;;;/q;;;2*-1;3*+1;-1. The molecule has 0 unspecified atom stereocenters. The van der Waals surface area contributed by atoms with Crippen molar-refractivity contribution in [2.45, 2.75) is 0 Å². The number of benzene rings is 19. The Kier molecular flexibility index (Phi) is 40.7. The summed E-state index contributed by atoms with van der Waals surface area (Å²) < 4.78 is 67.3. The van der Waals surface area contributed by atoms with E-state index in [4.69, 9.17) is 12.8 Å². The van der Waals surface area contributed by atoms with Crippen LogP contribution in [0.5, 0.6) is 0 Å². The van der Waals surface area contributed by atoms with Crippen molar-refractivity contribution in [2.24, 2.45) is 0 Å². The predicted octanol–water partition coefficient (Wildman–Crippen LogP) is 29.7. The average Bonchev–Trinajstić information content (AvgIpc) is 0.763. The summed E-state index contributed by atoms with van der Waals surface area (Å²) in [6.07, 6.45) is 13.9. The Labute approximate surface area is 841 Å². The molecule has 0 N–H and O–H groups in total. The van der Waals surface area contributed by atoms with Crippen molar-refractivity contribution in [3.8, 4) is 34.1 Å². The van der Waals surface area contributed by atoms with Gasteiger partial charge >= 0.3 is 84.2 Å². The summed E-state index contributed by atoms with van der Waals surface area (Å²) in [4.78, 5) is 0. The van der Waals surface area contributed by atoms with Gasteiger partial charge in [-0.1, -0.05) is 504 Å². The third-order valence-electron chi connectivity index (χ3n) is 20.4. The summed E-state index contributed by atoms with van der Waals surface area (Å²) >= 11 is 0. The molecule has 0 saturated carbocycles. The summed E-state index contributed by atoms with van der Waals surface area (Å²) in [5.41, 5.74) is 10.1. The van der Waals surface area contributed by atoms with Crippen LogP contribution in [0.25, 0.3) is 22.3 Å². The molecule has 137 heavy (non-hydrogen) atoms. The third kappa shape index (κ3) is 32.0. The normalized spacial score (nSPS) is 11.0. The van der Waals surface area contributed by atoms with Crippen LogP contribution in [-0.2, 0) is 51.2 Å². The van der Waals surface area contributed by atoms with Crippen LogP contribution >= 0.6 is 56.2 Å². The van der Waals surface area contributed by atoms with Gasteiger partial charge in [-0.25, -0.2) is 0 Å². The first-order valence-corrected chi connectivity index (χ1v) is 53.0. The molecule has 19 heteroatoms. The molecule has 0 heterocycles. The zero-order valence-corrected chi connectivity index (χ0v) is 82.9. The van der Waals surface area contributed by atoms with E-state index < -0.39 is 56.2 Å². The molecule has 0 bridgehead atoms. The minimum atomic E-state index is -10.7. The molecule has 0 atom stereocenters. The molecule has 0 spiro atoms. The summed E-state index contributed by atoms with van der Waals surface area (Å²) in [6.45, 7) is 0. The van der Waals surface area contributed by atoms with Crippen LogP contribution in [0, 0.1) is 24.7 Å². The van der Waals surface area contributed by atoms with Crippen molar-refractivity contribution in [3.05, 3.63) is 588 Å². The van der Waals surface area contributed by atoms with Gasteiger partial charge in [0.2, 0.25) is 0 Å². The van der Waals surface area contributed by atoms with Crippen LogP contribution in [-0.4, -0.2) is 0 Å². The summed E-state index contributed by atoms with van der Waals surface area (Å²) in [6, 6.07) is 200. The van der Waals surface area contributed by atoms with Gasteiger partial charge in [0.1, 0.15) is 0 Å². The van der Waals surface area contributed by atoms with Gasteiger partial charge in [0.15, 0.2) is 0 Å². The maximum absolute atomic E-state index is 10.7. The van der Waals surface area contributed by atoms with Gasteiger partial charge in [0, 0.05) is 80.7 Å². The maximum atomic E-state index is 9.87. The Bertz CT molecular complexity index is 5660. The first kappa shape index (κ1) is 105. The number of rotatable bonds is 23. The van der Waals surface area contributed by atoms with Gasteiger partial charge in [-0.05, 0) is 58.7 Å². The fourth-order valence-electron chi connectivity index (χ4n) is 14.4. The van der Waals surface area contributed by atoms with E-state index in [-0.39, 0.29) is 51.2 Å². The zero-order chi connectivity index (χ0) is 92.9. The van der Waals surface area contributed by atoms with Crippen molar-refractivity contribution in [1.82, 2.24) is 0 Å². The number of anilines is 3. The molecule has 0 amide bonds. The Balaban J connectivity index is 0.000000166. The largest absolute Gasteiger partial charge is 1.00 e. The quantitative estimate of drug-likeness (QED) is 0.0208. The van der Waals surface area contributed by atoms with E-state index in [1.165, 1.54) is 103 Å². The minimum absolute atomic E-state index is 0. The second-order valence-corrected chi connectivity index (χ2v) is 45.1. The van der Waals surface area contributed by atoms with Gasteiger partial charge in [0.25, 0.3) is 0 Å². The topological polar surface area (TPSA) is 9.72 Å². The van der Waals surface area contributed by atoms with Crippen molar-refractivity contribution < 1.29 is 76.4 Å². The smallest absolute Gasteiger partial charge is 0.366 e. The molecule has 19 rings (SSSR count). The first-order valence-electron chi connectivity index (χ1n) is 43.2. The van der Waals surface area contributed by atoms with E-state index in [1.54, 1.807) is 0 Å². The van der Waals surface area contributed by atoms with Crippen LogP contribution < -0.4 is 77.0 Å². The van der Waals surface area contributed by atoms with Crippen LogP contribution in [0.1, 0.15) is 11.1 Å². The van der Waals surface area contributed by atoms with Crippen LogP contribution in [0.4, 0.5) is 42.2 Å². The van der Waals surface area contributed by atoms with Crippen molar-refractivity contribution in [3.63, 3.8) is 0 Å². The van der Waals surface area contributed by atoms with Crippen LogP contribution in [0.15, 0.2) is 564 Å². The SMILES string of the molecule is F[P-](F)(F)(F)(F)F.[C-]#Cc1ccc(-c2ccccc2)cc1.[C-]#Cc1ccc(-c2ccccc2)cc1.[Cu+].[Cu+].[Cu+].c1ccc(N(P(c2ccccc2)c2ccccc2)P(c2ccccc2)c2ccccc2)cc1.c1ccc(N(P(c2ccccc2)c2ccccc2)P(c2ccccc2)c2ccccc2)cc1.c1ccc(N(P(c2ccccc2)c2ccccc2)P(c2ccccc2)c2ccccc2)cc1. The Morgan fingerprint density at radius 1 is 0.153 bits per heavy atom. The third-order valence-corrected chi connectivity index (χ3v) is 36.7. The van der Waals surface area contributed by atoms with E-state index in [1.807, 2.05) is 84.9 Å². The van der Waals surface area contributed by atoms with E-state index >= 15 is 0 Å². The Morgan fingerprint density at radius 2 is 0.255 bits per heavy atom. The van der Waals surface area contributed by atoms with Gasteiger partial charge < -0.3 is 26.2 Å².